The maximum Gasteiger partial charge on any atom is 0.236 e. The second kappa shape index (κ2) is 8.04. The predicted molar refractivity (Wildman–Crippen MR) is 113 cm³/mol. The van der Waals surface area contributed by atoms with Crippen molar-refractivity contribution >= 4 is 15.3 Å². The van der Waals surface area contributed by atoms with E-state index in [1.165, 1.54) is 0 Å². The molecule has 30 heavy (non-hydrogen) atoms. The molecule has 3 aromatic rings. The Morgan fingerprint density at radius 2 is 1.67 bits per heavy atom. The van der Waals surface area contributed by atoms with Crippen LogP contribution in [0.1, 0.15) is 48.8 Å². The van der Waals surface area contributed by atoms with Crippen LogP contribution in [0.3, 0.4) is 0 Å². The molecule has 0 amide bonds. The number of hydrogen-bond donors (Lipinski definition) is 1. The summed E-state index contributed by atoms with van der Waals surface area (Å²) < 4.78 is 31.7. The molecule has 1 aliphatic heterocycles. The first kappa shape index (κ1) is 19.0. The van der Waals surface area contributed by atoms with Crippen molar-refractivity contribution < 1.29 is 13.2 Å². The Morgan fingerprint density at radius 1 is 0.933 bits per heavy atom. The molecule has 7 nitrogen and oxygen atoms in total. The second-order valence-corrected chi connectivity index (χ2v) is 8.55. The molecular weight excluding hydrogens is 400 g/mol. The first-order valence-corrected chi connectivity index (χ1v) is 11.2. The molecule has 0 atom stereocenters. The highest BCUT2D eigenvalue weighted by molar-refractivity contribution is 7.73. The van der Waals surface area contributed by atoms with Gasteiger partial charge in [-0.3, -0.25) is 9.88 Å². The van der Waals surface area contributed by atoms with Gasteiger partial charge in [0.1, 0.15) is 11.6 Å². The van der Waals surface area contributed by atoms with Crippen molar-refractivity contribution in [3.05, 3.63) is 71.8 Å². The maximum absolute atomic E-state index is 11.8. The first-order valence-electron chi connectivity index (χ1n) is 10.2. The van der Waals surface area contributed by atoms with E-state index >= 15 is 0 Å². The number of benzene rings is 2. The van der Waals surface area contributed by atoms with Gasteiger partial charge < -0.3 is 4.74 Å². The highest BCUT2D eigenvalue weighted by Gasteiger charge is 2.31. The van der Waals surface area contributed by atoms with Crippen molar-refractivity contribution in [2.75, 3.05) is 0 Å². The van der Waals surface area contributed by atoms with E-state index in [2.05, 4.69) is 15.5 Å². The lowest BCUT2D eigenvalue weighted by Gasteiger charge is -2.29. The molecule has 5 rings (SSSR count). The third kappa shape index (κ3) is 3.53. The molecule has 154 valence electrons. The molecule has 1 fully saturated rings. The fourth-order valence-corrected chi connectivity index (χ4v) is 4.81. The Hall–Kier alpha value is -2.97. The summed E-state index contributed by atoms with van der Waals surface area (Å²) in [6.07, 6.45) is 3.86. The van der Waals surface area contributed by atoms with E-state index in [1.807, 2.05) is 59.2 Å². The zero-order chi connectivity index (χ0) is 20.5. The number of hydrogen-bond acceptors (Lipinski definition) is 5. The van der Waals surface area contributed by atoms with E-state index < -0.39 is 10.3 Å². The van der Waals surface area contributed by atoms with Crippen LogP contribution >= 0.6 is 0 Å². The van der Waals surface area contributed by atoms with Gasteiger partial charge in [0.05, 0.1) is 11.8 Å². The third-order valence-corrected chi connectivity index (χ3v) is 6.48. The van der Waals surface area contributed by atoms with Crippen LogP contribution in [0.2, 0.25) is 0 Å². The topological polar surface area (TPSA) is 86.1 Å². The summed E-state index contributed by atoms with van der Waals surface area (Å²) in [6.45, 7) is 0.430. The van der Waals surface area contributed by atoms with E-state index in [0.717, 1.165) is 48.5 Å². The molecule has 2 aromatic carbocycles. The van der Waals surface area contributed by atoms with Crippen LogP contribution in [-0.2, 0) is 16.8 Å². The first-order chi connectivity index (χ1) is 14.7. The van der Waals surface area contributed by atoms with Gasteiger partial charge in [-0.25, -0.2) is 0 Å². The van der Waals surface area contributed by atoms with E-state index in [-0.39, 0.29) is 17.0 Å². The van der Waals surface area contributed by atoms with E-state index in [1.54, 1.807) is 0 Å². The van der Waals surface area contributed by atoms with Gasteiger partial charge in [-0.15, -0.1) is 10.2 Å². The highest BCUT2D eigenvalue weighted by atomic mass is 32.2. The van der Waals surface area contributed by atoms with Gasteiger partial charge in [0.15, 0.2) is 10.8 Å². The average Bonchev–Trinajstić information content (AvgIpc) is 3.12. The minimum absolute atomic E-state index is 0.0889. The lowest BCUT2D eigenvalue weighted by molar-refractivity contribution is 0.144. The van der Waals surface area contributed by atoms with Crippen LogP contribution in [0.15, 0.2) is 54.6 Å². The molecule has 2 aliphatic rings. The molecule has 8 heteroatoms. The third-order valence-electron chi connectivity index (χ3n) is 5.82. The van der Waals surface area contributed by atoms with Gasteiger partial charge in [-0.1, -0.05) is 36.4 Å². The smallest absolute Gasteiger partial charge is 0.236 e. The molecule has 0 unspecified atom stereocenters. The number of fused-ring (bicyclic) bond motifs is 3. The predicted octanol–water partition coefficient (Wildman–Crippen LogP) is 2.83. The highest BCUT2D eigenvalue weighted by Crippen LogP contribution is 2.36. The monoisotopic (exact) mass is 422 g/mol. The van der Waals surface area contributed by atoms with Crippen molar-refractivity contribution in [3.63, 3.8) is 0 Å². The summed E-state index contributed by atoms with van der Waals surface area (Å²) in [5.74, 6) is 2.28. The van der Waals surface area contributed by atoms with Gasteiger partial charge in [0.25, 0.3) is 0 Å². The molecule has 1 saturated carbocycles. The van der Waals surface area contributed by atoms with Crippen LogP contribution in [0.4, 0.5) is 0 Å². The Morgan fingerprint density at radius 3 is 2.43 bits per heavy atom. The van der Waals surface area contributed by atoms with Crippen LogP contribution in [0, 0.1) is 0 Å². The number of rotatable bonds is 3. The van der Waals surface area contributed by atoms with Crippen molar-refractivity contribution in [2.24, 2.45) is 0 Å². The molecule has 1 aliphatic carbocycles. The van der Waals surface area contributed by atoms with Crippen LogP contribution in [-0.4, -0.2) is 34.3 Å². The van der Waals surface area contributed by atoms with Crippen LogP contribution in [0.5, 0.6) is 5.75 Å². The lowest BCUT2D eigenvalue weighted by atomic mass is 9.86. The molecule has 0 radical (unpaired) electrons. The van der Waals surface area contributed by atoms with E-state index in [4.69, 9.17) is 4.74 Å². The Balaban J connectivity index is 1.45. The van der Waals surface area contributed by atoms with Crippen molar-refractivity contribution in [1.82, 2.24) is 20.1 Å². The summed E-state index contributed by atoms with van der Waals surface area (Å²) in [5, 5.41) is 11.7. The molecule has 1 aromatic heterocycles. The van der Waals surface area contributed by atoms with Crippen LogP contribution < -0.4 is 10.1 Å². The second-order valence-electron chi connectivity index (χ2n) is 7.67. The zero-order valence-corrected chi connectivity index (χ0v) is 17.2. The van der Waals surface area contributed by atoms with Crippen LogP contribution in [0.25, 0.3) is 5.69 Å². The normalized spacial score (nSPS) is 20.7. The SMILES string of the molecule is O=S(=O)=C1NCc2ccccc2-n2c1nnc2C1CCC(Oc2ccccc2)CC1. The van der Waals surface area contributed by atoms with Gasteiger partial charge in [0.2, 0.25) is 10.3 Å². The Labute approximate surface area is 176 Å². The number of para-hydroxylation sites is 2. The molecule has 0 spiro atoms. The van der Waals surface area contributed by atoms with Crippen molar-refractivity contribution in [1.29, 1.82) is 0 Å². The minimum atomic E-state index is -2.42. The lowest BCUT2D eigenvalue weighted by Crippen LogP contribution is -2.26. The summed E-state index contributed by atoms with van der Waals surface area (Å²) in [7, 11) is -2.42. The fourth-order valence-electron chi connectivity index (χ4n) is 4.34. The number of aromatic nitrogens is 3. The zero-order valence-electron chi connectivity index (χ0n) is 16.4. The van der Waals surface area contributed by atoms with Gasteiger partial charge in [0, 0.05) is 12.5 Å². The Kier molecular flexibility index (Phi) is 5.10. The van der Waals surface area contributed by atoms with Crippen molar-refractivity contribution in [3.8, 4) is 11.4 Å². The summed E-state index contributed by atoms with van der Waals surface area (Å²) >= 11 is 0. The fraction of sp³-hybridized carbons (Fsp3) is 0.318. The molecule has 0 saturated heterocycles. The molecule has 2 heterocycles. The van der Waals surface area contributed by atoms with E-state index in [9.17, 15) is 8.42 Å². The molecule has 1 N–H and O–H groups in total. The molecular formula is C22H22N4O3S. The quantitative estimate of drug-likeness (QED) is 0.654. The summed E-state index contributed by atoms with van der Waals surface area (Å²) in [4.78, 5) is 0.0889. The average molecular weight is 423 g/mol. The van der Waals surface area contributed by atoms with Gasteiger partial charge in [-0.05, 0) is 49.4 Å². The number of nitrogens with zero attached hydrogens (tertiary/aromatic N) is 3. The number of nitrogens with one attached hydrogen (secondary N) is 1. The minimum Gasteiger partial charge on any atom is -0.490 e. The summed E-state index contributed by atoms with van der Waals surface area (Å²) in [5.41, 5.74) is 1.95. The number of ether oxygens (including phenoxy) is 1. The van der Waals surface area contributed by atoms with E-state index in [0.29, 0.717) is 12.4 Å². The summed E-state index contributed by atoms with van der Waals surface area (Å²) in [6, 6.07) is 17.8. The maximum atomic E-state index is 11.8. The standard InChI is InChI=1S/C22H22N4O3S/c27-30(28)22-21-25-24-20(26(21)19-9-5-4-6-16(19)14-23-22)15-10-12-18(13-11-15)29-17-7-2-1-3-8-17/h1-9,15,18,23H,10-14H2. The largest absolute Gasteiger partial charge is 0.490 e. The van der Waals surface area contributed by atoms with Gasteiger partial charge >= 0.3 is 0 Å². The van der Waals surface area contributed by atoms with Gasteiger partial charge in [-0.2, -0.15) is 8.42 Å². The Bertz CT molecular complexity index is 1190. The van der Waals surface area contributed by atoms with Crippen molar-refractivity contribution in [2.45, 2.75) is 44.2 Å². The molecule has 0 bridgehead atoms.